The van der Waals surface area contributed by atoms with E-state index in [2.05, 4.69) is 21.3 Å². The summed E-state index contributed by atoms with van der Waals surface area (Å²) < 4.78 is 42.3. The Labute approximate surface area is 110 Å². The standard InChI is InChI=1S/C10H8F3N3O4/c1-2-3-20-9(19)16-8-14-4-5(7(17)18)6(15-8)10(11,12)13/h2,4H,1,3H2,(H,17,18)(H,14,15,16,19). The lowest BCUT2D eigenvalue weighted by molar-refractivity contribution is -0.141. The van der Waals surface area contributed by atoms with Crippen LogP contribution in [0.1, 0.15) is 16.1 Å². The van der Waals surface area contributed by atoms with Crippen LogP contribution in [0.4, 0.5) is 23.9 Å². The Morgan fingerprint density at radius 2 is 2.15 bits per heavy atom. The highest BCUT2D eigenvalue weighted by molar-refractivity contribution is 5.89. The number of carbonyl (C=O) groups excluding carboxylic acids is 1. The van der Waals surface area contributed by atoms with Crippen LogP contribution in [0.2, 0.25) is 0 Å². The molecule has 0 saturated heterocycles. The fraction of sp³-hybridized carbons (Fsp3) is 0.200. The maximum atomic E-state index is 12.6. The van der Waals surface area contributed by atoms with E-state index in [0.29, 0.717) is 6.20 Å². The summed E-state index contributed by atoms with van der Waals surface area (Å²) in [6, 6.07) is 0. The third-order valence-electron chi connectivity index (χ3n) is 1.83. The van der Waals surface area contributed by atoms with Gasteiger partial charge in [-0.3, -0.25) is 5.32 Å². The largest absolute Gasteiger partial charge is 0.478 e. The van der Waals surface area contributed by atoms with Gasteiger partial charge in [0.25, 0.3) is 0 Å². The average Bonchev–Trinajstić information content (AvgIpc) is 2.35. The van der Waals surface area contributed by atoms with Gasteiger partial charge in [0.05, 0.1) is 0 Å². The molecule has 0 aliphatic rings. The minimum Gasteiger partial charge on any atom is -0.478 e. The number of nitrogens with zero attached hydrogens (tertiary/aromatic N) is 2. The number of halogens is 3. The second kappa shape index (κ2) is 5.99. The maximum absolute atomic E-state index is 12.6. The number of aromatic nitrogens is 2. The molecule has 0 saturated carbocycles. The quantitative estimate of drug-likeness (QED) is 0.822. The van der Waals surface area contributed by atoms with Crippen LogP contribution in [-0.2, 0) is 10.9 Å². The maximum Gasteiger partial charge on any atom is 0.434 e. The van der Waals surface area contributed by atoms with Gasteiger partial charge in [-0.15, -0.1) is 0 Å². The predicted molar refractivity (Wildman–Crippen MR) is 59.2 cm³/mol. The van der Waals surface area contributed by atoms with E-state index in [4.69, 9.17) is 5.11 Å². The van der Waals surface area contributed by atoms with Crippen LogP contribution < -0.4 is 5.32 Å². The Hall–Kier alpha value is -2.65. The van der Waals surface area contributed by atoms with Crippen LogP contribution in [0, 0.1) is 0 Å². The zero-order valence-corrected chi connectivity index (χ0v) is 9.77. The van der Waals surface area contributed by atoms with Crippen molar-refractivity contribution in [2.24, 2.45) is 0 Å². The lowest BCUT2D eigenvalue weighted by Crippen LogP contribution is -2.20. The van der Waals surface area contributed by atoms with Crippen molar-refractivity contribution in [3.05, 3.63) is 30.1 Å². The molecule has 0 aliphatic carbocycles. The second-order valence-corrected chi connectivity index (χ2v) is 3.27. The molecule has 1 aromatic heterocycles. The highest BCUT2D eigenvalue weighted by atomic mass is 19.4. The fourth-order valence-corrected chi connectivity index (χ4v) is 1.08. The van der Waals surface area contributed by atoms with Crippen molar-refractivity contribution >= 4 is 18.0 Å². The molecule has 0 bridgehead atoms. The van der Waals surface area contributed by atoms with Gasteiger partial charge in [0.2, 0.25) is 5.95 Å². The first-order valence-corrected chi connectivity index (χ1v) is 4.98. The fourth-order valence-electron chi connectivity index (χ4n) is 1.08. The van der Waals surface area contributed by atoms with Gasteiger partial charge in [-0.1, -0.05) is 12.7 Å². The molecule has 0 aromatic carbocycles. The first-order valence-electron chi connectivity index (χ1n) is 4.98. The third-order valence-corrected chi connectivity index (χ3v) is 1.83. The summed E-state index contributed by atoms with van der Waals surface area (Å²) in [6.45, 7) is 3.11. The molecule has 20 heavy (non-hydrogen) atoms. The number of carboxylic acids is 1. The van der Waals surface area contributed by atoms with Crippen LogP contribution in [0.25, 0.3) is 0 Å². The number of carboxylic acid groups (broad SMARTS) is 1. The minimum atomic E-state index is -5.00. The molecule has 2 N–H and O–H groups in total. The molecule has 7 nitrogen and oxygen atoms in total. The lowest BCUT2D eigenvalue weighted by atomic mass is 10.2. The number of nitrogens with one attached hydrogen (secondary N) is 1. The number of anilines is 1. The van der Waals surface area contributed by atoms with Gasteiger partial charge in [0.15, 0.2) is 5.69 Å². The summed E-state index contributed by atoms with van der Waals surface area (Å²) in [5.41, 5.74) is -2.79. The Morgan fingerprint density at radius 3 is 2.65 bits per heavy atom. The highest BCUT2D eigenvalue weighted by Crippen LogP contribution is 2.30. The monoisotopic (exact) mass is 291 g/mol. The number of carbonyl (C=O) groups is 2. The number of rotatable bonds is 4. The van der Waals surface area contributed by atoms with Crippen molar-refractivity contribution in [3.8, 4) is 0 Å². The molecule has 1 aromatic rings. The van der Waals surface area contributed by atoms with E-state index in [0.717, 1.165) is 0 Å². The molecule has 1 heterocycles. The number of aromatic carboxylic acids is 1. The van der Waals surface area contributed by atoms with Gasteiger partial charge >= 0.3 is 18.2 Å². The van der Waals surface area contributed by atoms with Crippen LogP contribution in [0.3, 0.4) is 0 Å². The minimum absolute atomic E-state index is 0.162. The molecule has 0 radical (unpaired) electrons. The van der Waals surface area contributed by atoms with Crippen molar-refractivity contribution in [2.45, 2.75) is 6.18 Å². The summed E-state index contributed by atoms with van der Waals surface area (Å²) in [5.74, 6) is -2.56. The average molecular weight is 291 g/mol. The Kier molecular flexibility index (Phi) is 4.62. The molecule has 108 valence electrons. The zero-order valence-electron chi connectivity index (χ0n) is 9.77. The number of ether oxygens (including phenoxy) is 1. The van der Waals surface area contributed by atoms with Gasteiger partial charge in [-0.2, -0.15) is 13.2 Å². The van der Waals surface area contributed by atoms with Crippen LogP contribution >= 0.6 is 0 Å². The second-order valence-electron chi connectivity index (χ2n) is 3.27. The molecular formula is C10H8F3N3O4. The normalized spacial score (nSPS) is 10.8. The molecule has 0 aliphatic heterocycles. The molecule has 0 fully saturated rings. The number of alkyl halides is 3. The van der Waals surface area contributed by atoms with Gasteiger partial charge in [-0.25, -0.2) is 19.6 Å². The molecular weight excluding hydrogens is 283 g/mol. The first kappa shape index (κ1) is 15.4. The zero-order chi connectivity index (χ0) is 15.3. The van der Waals surface area contributed by atoms with Crippen molar-refractivity contribution in [3.63, 3.8) is 0 Å². The number of amides is 1. The molecule has 1 amide bonds. The summed E-state index contributed by atoms with van der Waals surface area (Å²) in [5, 5.41) is 10.4. The smallest absolute Gasteiger partial charge is 0.434 e. The Morgan fingerprint density at radius 1 is 1.50 bits per heavy atom. The molecule has 1 rings (SSSR count). The molecule has 0 unspecified atom stereocenters. The van der Waals surface area contributed by atoms with Crippen molar-refractivity contribution < 1.29 is 32.6 Å². The van der Waals surface area contributed by atoms with Crippen molar-refractivity contribution in [1.29, 1.82) is 0 Å². The Balaban J connectivity index is 3.04. The van der Waals surface area contributed by atoms with E-state index in [-0.39, 0.29) is 6.61 Å². The summed E-state index contributed by atoms with van der Waals surface area (Å²) in [6.07, 6.45) is -4.41. The van der Waals surface area contributed by atoms with E-state index in [1.54, 1.807) is 0 Å². The van der Waals surface area contributed by atoms with Gasteiger partial charge < -0.3 is 9.84 Å². The SMILES string of the molecule is C=CCOC(=O)Nc1ncc(C(=O)O)c(C(F)(F)F)n1. The van der Waals surface area contributed by atoms with Crippen molar-refractivity contribution in [1.82, 2.24) is 9.97 Å². The molecule has 0 spiro atoms. The molecule has 0 atom stereocenters. The van der Waals surface area contributed by atoms with Crippen LogP contribution in [0.15, 0.2) is 18.9 Å². The summed E-state index contributed by atoms with van der Waals surface area (Å²) in [4.78, 5) is 28.0. The van der Waals surface area contributed by atoms with Crippen LogP contribution in [-0.4, -0.2) is 33.7 Å². The number of hydrogen-bond acceptors (Lipinski definition) is 5. The highest BCUT2D eigenvalue weighted by Gasteiger charge is 2.38. The van der Waals surface area contributed by atoms with Gasteiger partial charge in [0.1, 0.15) is 12.2 Å². The van der Waals surface area contributed by atoms with E-state index in [1.165, 1.54) is 6.08 Å². The first-order chi connectivity index (χ1) is 9.25. The van der Waals surface area contributed by atoms with Gasteiger partial charge in [-0.05, 0) is 0 Å². The van der Waals surface area contributed by atoms with E-state index in [9.17, 15) is 22.8 Å². The summed E-state index contributed by atoms with van der Waals surface area (Å²) in [7, 11) is 0. The summed E-state index contributed by atoms with van der Waals surface area (Å²) >= 11 is 0. The van der Waals surface area contributed by atoms with E-state index >= 15 is 0 Å². The van der Waals surface area contributed by atoms with Gasteiger partial charge in [0, 0.05) is 6.20 Å². The van der Waals surface area contributed by atoms with Crippen molar-refractivity contribution in [2.75, 3.05) is 11.9 Å². The molecule has 10 heteroatoms. The third kappa shape index (κ3) is 3.93. The van der Waals surface area contributed by atoms with Crippen LogP contribution in [0.5, 0.6) is 0 Å². The number of hydrogen-bond donors (Lipinski definition) is 2. The lowest BCUT2D eigenvalue weighted by Gasteiger charge is -2.10. The topological polar surface area (TPSA) is 101 Å². The Bertz CT molecular complexity index is 545. The van der Waals surface area contributed by atoms with E-state index in [1.807, 2.05) is 5.32 Å². The predicted octanol–water partition coefficient (Wildman–Crippen LogP) is 1.93. The van der Waals surface area contributed by atoms with E-state index < -0.39 is 35.4 Å².